The van der Waals surface area contributed by atoms with Gasteiger partial charge < -0.3 is 10.3 Å². The van der Waals surface area contributed by atoms with Gasteiger partial charge in [0.1, 0.15) is 21.3 Å². The lowest BCUT2D eigenvalue weighted by atomic mass is 10.0. The lowest BCUT2D eigenvalue weighted by Crippen LogP contribution is -2.14. The van der Waals surface area contributed by atoms with Crippen molar-refractivity contribution in [2.75, 3.05) is 17.3 Å². The molecule has 10 nitrogen and oxygen atoms in total. The molecule has 0 saturated heterocycles. The molecule has 0 spiro atoms. The molecule has 1 amide bonds. The lowest BCUT2D eigenvalue weighted by molar-refractivity contribution is -0.115. The first-order valence-corrected chi connectivity index (χ1v) is 16.8. The van der Waals surface area contributed by atoms with Gasteiger partial charge >= 0.3 is 0 Å². The van der Waals surface area contributed by atoms with E-state index >= 15 is 0 Å². The fourth-order valence-electron chi connectivity index (χ4n) is 5.54. The molecule has 4 heterocycles. The van der Waals surface area contributed by atoms with Crippen LogP contribution in [0.25, 0.3) is 55.8 Å². The number of fused-ring (bicyclic) bond motifs is 2. The number of pyridine rings is 2. The molecule has 0 aliphatic carbocycles. The summed E-state index contributed by atoms with van der Waals surface area (Å²) in [5.41, 5.74) is 7.39. The van der Waals surface area contributed by atoms with Gasteiger partial charge in [-0.2, -0.15) is 5.10 Å². The number of nitrogens with zero attached hydrogens (tertiary/aromatic N) is 4. The zero-order valence-electron chi connectivity index (χ0n) is 25.2. The number of anilines is 1. The van der Waals surface area contributed by atoms with Gasteiger partial charge in [0.25, 0.3) is 0 Å². The van der Waals surface area contributed by atoms with Crippen LogP contribution in [0.4, 0.5) is 10.1 Å². The lowest BCUT2D eigenvalue weighted by Gasteiger charge is -2.08. The second-order valence-electron chi connectivity index (χ2n) is 11.4. The number of aryl methyl sites for hydroxylation is 1. The SMILES string of the molecule is CS(=O)(=O)CCc1cc(F)cc(-c2ccnc3nc(-c4n[nH]c5ccc(-c6cncc(NC(=O)Cc7ccccc7)c6)cc45)[nH]c23)c1. The van der Waals surface area contributed by atoms with Gasteiger partial charge in [-0.15, -0.1) is 0 Å². The Balaban J connectivity index is 1.20. The average molecular weight is 646 g/mol. The van der Waals surface area contributed by atoms with Crippen LogP contribution >= 0.6 is 0 Å². The van der Waals surface area contributed by atoms with Gasteiger partial charge in [0, 0.05) is 35.2 Å². The van der Waals surface area contributed by atoms with Crippen LogP contribution < -0.4 is 5.32 Å². The number of rotatable bonds is 9. The topological polar surface area (TPSA) is 146 Å². The smallest absolute Gasteiger partial charge is 0.228 e. The van der Waals surface area contributed by atoms with E-state index in [4.69, 9.17) is 4.98 Å². The highest BCUT2D eigenvalue weighted by Crippen LogP contribution is 2.33. The summed E-state index contributed by atoms with van der Waals surface area (Å²) in [5, 5.41) is 11.3. The molecule has 12 heteroatoms. The quantitative estimate of drug-likeness (QED) is 0.171. The van der Waals surface area contributed by atoms with Crippen molar-refractivity contribution in [2.45, 2.75) is 12.8 Å². The standard InChI is InChI=1S/C35H28FN7O3S/c1-47(45,46)12-10-22-13-24(16-26(36)14-22)28-9-11-38-34-32(28)40-35(41-34)33-29-18-23(7-8-30(29)42-43-33)25-17-27(20-37-19-25)39-31(44)15-21-5-3-2-4-6-21/h2-9,11,13-14,16-20H,10,12,15H2,1H3,(H,39,44)(H,42,43)(H,38,40,41). The van der Waals surface area contributed by atoms with Crippen LogP contribution in [-0.4, -0.2) is 56.5 Å². The number of H-pyrrole nitrogens is 2. The Kier molecular flexibility index (Phi) is 7.78. The molecule has 3 N–H and O–H groups in total. The summed E-state index contributed by atoms with van der Waals surface area (Å²) in [4.78, 5) is 29.5. The van der Waals surface area contributed by atoms with E-state index in [0.29, 0.717) is 45.1 Å². The van der Waals surface area contributed by atoms with E-state index in [1.54, 1.807) is 30.7 Å². The van der Waals surface area contributed by atoms with E-state index in [9.17, 15) is 17.6 Å². The van der Waals surface area contributed by atoms with Gasteiger partial charge in [0.05, 0.1) is 35.1 Å². The highest BCUT2D eigenvalue weighted by atomic mass is 32.2. The van der Waals surface area contributed by atoms with Gasteiger partial charge in [0.2, 0.25) is 5.91 Å². The van der Waals surface area contributed by atoms with Gasteiger partial charge in [0.15, 0.2) is 11.5 Å². The molecule has 7 rings (SSSR count). The molecular formula is C35H28FN7O3S. The van der Waals surface area contributed by atoms with Crippen LogP contribution in [0, 0.1) is 5.82 Å². The molecule has 0 unspecified atom stereocenters. The summed E-state index contributed by atoms with van der Waals surface area (Å²) in [6.07, 6.45) is 6.56. The maximum absolute atomic E-state index is 14.7. The molecule has 0 saturated carbocycles. The molecule has 4 aromatic heterocycles. The fraction of sp³-hybridized carbons (Fsp3) is 0.114. The number of carbonyl (C=O) groups excluding carboxylic acids is 1. The van der Waals surface area contributed by atoms with E-state index in [1.807, 2.05) is 54.6 Å². The molecule has 0 aliphatic heterocycles. The van der Waals surface area contributed by atoms with E-state index < -0.39 is 15.7 Å². The number of sulfone groups is 1. The summed E-state index contributed by atoms with van der Waals surface area (Å²) in [6.45, 7) is 0. The van der Waals surface area contributed by atoms with Crippen molar-refractivity contribution in [1.82, 2.24) is 30.1 Å². The molecule has 0 bridgehead atoms. The fourth-order valence-corrected chi connectivity index (χ4v) is 6.15. The first kappa shape index (κ1) is 29.9. The van der Waals surface area contributed by atoms with Crippen LogP contribution in [0.3, 0.4) is 0 Å². The third-order valence-electron chi connectivity index (χ3n) is 7.77. The average Bonchev–Trinajstić information content (AvgIpc) is 3.68. The normalized spacial score (nSPS) is 11.7. The Hall–Kier alpha value is -5.75. The van der Waals surface area contributed by atoms with Crippen molar-refractivity contribution in [3.05, 3.63) is 114 Å². The number of hydrogen-bond donors (Lipinski definition) is 3. The number of nitrogens with one attached hydrogen (secondary N) is 3. The van der Waals surface area contributed by atoms with Gasteiger partial charge in [-0.1, -0.05) is 42.5 Å². The number of hydrogen-bond acceptors (Lipinski definition) is 7. The third kappa shape index (κ3) is 6.63. The molecule has 7 aromatic rings. The number of imidazole rings is 1. The summed E-state index contributed by atoms with van der Waals surface area (Å²) in [7, 11) is -3.20. The van der Waals surface area contributed by atoms with E-state index in [-0.39, 0.29) is 24.5 Å². The van der Waals surface area contributed by atoms with Crippen molar-refractivity contribution in [3.8, 4) is 33.8 Å². The van der Waals surface area contributed by atoms with E-state index in [1.165, 1.54) is 12.1 Å². The summed E-state index contributed by atoms with van der Waals surface area (Å²) >= 11 is 0. The van der Waals surface area contributed by atoms with Crippen LogP contribution in [0.1, 0.15) is 11.1 Å². The third-order valence-corrected chi connectivity index (χ3v) is 8.72. The van der Waals surface area contributed by atoms with Crippen molar-refractivity contribution >= 4 is 43.5 Å². The maximum atomic E-state index is 14.7. The number of halogens is 1. The van der Waals surface area contributed by atoms with Crippen LogP contribution in [-0.2, 0) is 27.5 Å². The van der Waals surface area contributed by atoms with Gasteiger partial charge in [-0.25, -0.2) is 22.8 Å². The number of aromatic nitrogens is 6. The highest BCUT2D eigenvalue weighted by molar-refractivity contribution is 7.90. The van der Waals surface area contributed by atoms with Crippen molar-refractivity contribution < 1.29 is 17.6 Å². The second-order valence-corrected chi connectivity index (χ2v) is 13.6. The molecule has 0 aliphatic rings. The van der Waals surface area contributed by atoms with Crippen LogP contribution in [0.5, 0.6) is 0 Å². The van der Waals surface area contributed by atoms with Crippen molar-refractivity contribution in [3.63, 3.8) is 0 Å². The Morgan fingerprint density at radius 3 is 2.60 bits per heavy atom. The molecule has 3 aromatic carbocycles. The second kappa shape index (κ2) is 12.2. The van der Waals surface area contributed by atoms with Crippen LogP contribution in [0.2, 0.25) is 0 Å². The molecule has 0 fully saturated rings. The Morgan fingerprint density at radius 2 is 1.77 bits per heavy atom. The first-order valence-electron chi connectivity index (χ1n) is 14.8. The van der Waals surface area contributed by atoms with Crippen molar-refractivity contribution in [1.29, 1.82) is 0 Å². The monoisotopic (exact) mass is 645 g/mol. The summed E-state index contributed by atoms with van der Waals surface area (Å²) in [6, 6.07) is 23.5. The minimum absolute atomic E-state index is 0.0761. The zero-order valence-corrected chi connectivity index (χ0v) is 26.0. The largest absolute Gasteiger partial charge is 0.335 e. The Bertz CT molecular complexity index is 2390. The summed E-state index contributed by atoms with van der Waals surface area (Å²) in [5.74, 6) is -0.204. The molecule has 47 heavy (non-hydrogen) atoms. The maximum Gasteiger partial charge on any atom is 0.228 e. The minimum Gasteiger partial charge on any atom is -0.335 e. The van der Waals surface area contributed by atoms with E-state index in [2.05, 4.69) is 30.5 Å². The van der Waals surface area contributed by atoms with E-state index in [0.717, 1.165) is 33.8 Å². The number of aromatic amines is 2. The number of benzene rings is 3. The number of carbonyl (C=O) groups is 1. The zero-order chi connectivity index (χ0) is 32.5. The Morgan fingerprint density at radius 1 is 0.915 bits per heavy atom. The highest BCUT2D eigenvalue weighted by Gasteiger charge is 2.18. The van der Waals surface area contributed by atoms with Gasteiger partial charge in [-0.3, -0.25) is 14.9 Å². The molecule has 0 atom stereocenters. The van der Waals surface area contributed by atoms with Crippen LogP contribution in [0.15, 0.2) is 97.5 Å². The molecular weight excluding hydrogens is 617 g/mol. The van der Waals surface area contributed by atoms with Gasteiger partial charge in [-0.05, 0) is 65.1 Å². The van der Waals surface area contributed by atoms with Crippen molar-refractivity contribution in [2.24, 2.45) is 0 Å². The Labute approximate surface area is 269 Å². The first-order chi connectivity index (χ1) is 22.7. The summed E-state index contributed by atoms with van der Waals surface area (Å²) < 4.78 is 38.1. The predicted molar refractivity (Wildman–Crippen MR) is 180 cm³/mol. The molecule has 0 radical (unpaired) electrons. The predicted octanol–water partition coefficient (Wildman–Crippen LogP) is 6.14. The number of amides is 1. The minimum atomic E-state index is -3.20. The molecule has 234 valence electrons.